The molecular weight excluding hydrogens is 879 g/mol. The molecule has 0 saturated carbocycles. The number of carboxylic acids is 2. The summed E-state index contributed by atoms with van der Waals surface area (Å²) in [7, 11) is 0. The van der Waals surface area contributed by atoms with Gasteiger partial charge in [0.1, 0.15) is 5.78 Å². The van der Waals surface area contributed by atoms with E-state index in [2.05, 4.69) is 21.3 Å². The molecule has 5 amide bonds. The molecule has 2 aliphatic heterocycles. The molecule has 0 unspecified atom stereocenters. The third kappa shape index (κ3) is 21.4. The lowest BCUT2D eigenvalue weighted by molar-refractivity contribution is -0.145. The van der Waals surface area contributed by atoms with Crippen molar-refractivity contribution in [3.8, 4) is 0 Å². The molecule has 0 spiro atoms. The van der Waals surface area contributed by atoms with Gasteiger partial charge < -0.3 is 53.0 Å². The van der Waals surface area contributed by atoms with Crippen molar-refractivity contribution in [2.45, 2.75) is 160 Å². The fraction of sp³-hybridized carbons (Fsp3) is 0.733. The molecule has 0 aromatic heterocycles. The highest BCUT2D eigenvalue weighted by Gasteiger charge is 2.37. The van der Waals surface area contributed by atoms with Crippen molar-refractivity contribution in [3.05, 3.63) is 0 Å². The second-order valence-corrected chi connectivity index (χ2v) is 18.1. The van der Waals surface area contributed by atoms with Gasteiger partial charge in [0.15, 0.2) is 23.1 Å². The lowest BCUT2D eigenvalue weighted by atomic mass is 9.90. The van der Waals surface area contributed by atoms with Gasteiger partial charge in [0.05, 0.1) is 55.1 Å². The Morgan fingerprint density at radius 2 is 1.45 bits per heavy atom. The normalized spacial score (nSPS) is 19.1. The Labute approximate surface area is 390 Å². The van der Waals surface area contributed by atoms with E-state index in [-0.39, 0.29) is 101 Å². The van der Waals surface area contributed by atoms with Crippen molar-refractivity contribution < 1.29 is 72.9 Å². The van der Waals surface area contributed by atoms with E-state index >= 15 is 0 Å². The molecular formula is C45H71N7O15. The molecule has 8 atom stereocenters. The van der Waals surface area contributed by atoms with Gasteiger partial charge in [0, 0.05) is 70.4 Å². The van der Waals surface area contributed by atoms with Crippen LogP contribution in [0.4, 0.5) is 0 Å². The second-order valence-electron chi connectivity index (χ2n) is 18.1. The van der Waals surface area contributed by atoms with Crippen LogP contribution in [0.25, 0.3) is 0 Å². The van der Waals surface area contributed by atoms with Gasteiger partial charge in [-0.05, 0) is 64.3 Å². The fourth-order valence-corrected chi connectivity index (χ4v) is 8.25. The van der Waals surface area contributed by atoms with Crippen LogP contribution in [0.5, 0.6) is 0 Å². The smallest absolute Gasteiger partial charge is 0.306 e. The Bertz CT molecular complexity index is 1810. The summed E-state index contributed by atoms with van der Waals surface area (Å²) in [5, 5.41) is 39.0. The average Bonchev–Trinajstić information content (AvgIpc) is 3.93. The number of nitrogens with two attached hydrogens (primary N) is 2. The van der Waals surface area contributed by atoms with Crippen LogP contribution in [0.3, 0.4) is 0 Å². The number of carbonyl (C=O) groups excluding carboxylic acids is 10. The van der Waals surface area contributed by atoms with Crippen LogP contribution in [0.1, 0.15) is 130 Å². The van der Waals surface area contributed by atoms with Crippen LogP contribution >= 0.6 is 0 Å². The van der Waals surface area contributed by atoms with Crippen LogP contribution in [0, 0.1) is 23.7 Å². The topological polar surface area (TPSA) is 369 Å². The predicted molar refractivity (Wildman–Crippen MR) is 238 cm³/mol. The third-order valence-electron chi connectivity index (χ3n) is 12.0. The van der Waals surface area contributed by atoms with Crippen LogP contribution in [-0.4, -0.2) is 147 Å². The van der Waals surface area contributed by atoms with E-state index in [0.717, 1.165) is 0 Å². The van der Waals surface area contributed by atoms with E-state index in [0.29, 0.717) is 32.2 Å². The standard InChI is InChI=1S/C45H71N7O15/c1-25(2)17-28(44(65)50-26(3)35(55)11-14-41(61)52-16-6-8-34(52)38(58)19-27(45(66)67)7-4-5-15-46)18-30(53)24-49-43(64)29(21-42(62)63)20-37(57)32(9-12-39(47)59)51-40(60)13-10-36(56)33-22-31(54)23-48-33/h25-29,31-34,48,54H,4-24,46H2,1-3H3,(H2,47,59)(H,49,64)(H,50,65)(H,51,60)(H,62,63)(H,66,67)/t26-,27+,28+,29-,31+,32-,33-,34-/m0/s1. The first kappa shape index (κ1) is 57.6. The first-order valence-corrected chi connectivity index (χ1v) is 23.2. The Hall–Kier alpha value is -5.48. The number of β-amino-alcohol motifs (C(OH)–C–C–N with tert-alkyl or cyclic N) is 1. The van der Waals surface area contributed by atoms with E-state index in [4.69, 9.17) is 11.5 Å². The second kappa shape index (κ2) is 29.3. The molecule has 0 aliphatic carbocycles. The van der Waals surface area contributed by atoms with Gasteiger partial charge in [0.25, 0.3) is 0 Å². The Kier molecular flexibility index (Phi) is 25.2. The summed E-state index contributed by atoms with van der Waals surface area (Å²) < 4.78 is 0. The number of rotatable bonds is 34. The minimum Gasteiger partial charge on any atom is -0.481 e. The minimum absolute atomic E-state index is 0.0950. The van der Waals surface area contributed by atoms with E-state index in [1.165, 1.54) is 11.8 Å². The Morgan fingerprint density at radius 3 is 2.04 bits per heavy atom. The molecule has 0 radical (unpaired) electrons. The molecule has 0 bridgehead atoms. The van der Waals surface area contributed by atoms with Gasteiger partial charge in [-0.2, -0.15) is 0 Å². The van der Waals surface area contributed by atoms with Crippen molar-refractivity contribution in [2.24, 2.45) is 35.1 Å². The molecule has 0 aromatic carbocycles. The molecule has 0 aromatic rings. The number of Topliss-reactive ketones (excluding diaryl/α,β-unsaturated/α-hetero) is 5. The maximum atomic E-state index is 13.4. The number of likely N-dealkylation sites (tertiary alicyclic amines) is 1. The Morgan fingerprint density at radius 1 is 0.746 bits per heavy atom. The van der Waals surface area contributed by atoms with Gasteiger partial charge in [0.2, 0.25) is 29.5 Å². The molecule has 67 heavy (non-hydrogen) atoms. The zero-order valence-corrected chi connectivity index (χ0v) is 38.9. The lowest BCUT2D eigenvalue weighted by Gasteiger charge is -2.25. The van der Waals surface area contributed by atoms with E-state index in [1.54, 1.807) is 13.8 Å². The van der Waals surface area contributed by atoms with Crippen molar-refractivity contribution in [1.29, 1.82) is 0 Å². The van der Waals surface area contributed by atoms with Crippen molar-refractivity contribution in [3.63, 3.8) is 0 Å². The maximum absolute atomic E-state index is 13.4. The quantitative estimate of drug-likeness (QED) is 0.0358. The van der Waals surface area contributed by atoms with Crippen LogP contribution in [0.15, 0.2) is 0 Å². The number of hydrogen-bond acceptors (Lipinski definition) is 15. The number of nitrogens with zero attached hydrogens (tertiary/aromatic N) is 1. The number of hydrogen-bond donors (Lipinski definition) is 9. The molecule has 2 aliphatic rings. The number of carboxylic acid groups (broad SMARTS) is 2. The largest absolute Gasteiger partial charge is 0.481 e. The van der Waals surface area contributed by atoms with Gasteiger partial charge in [-0.15, -0.1) is 0 Å². The zero-order valence-electron chi connectivity index (χ0n) is 38.9. The number of aliphatic hydroxyl groups excluding tert-OH is 1. The third-order valence-corrected chi connectivity index (χ3v) is 12.0. The Balaban J connectivity index is 1.98. The number of unbranched alkanes of at least 4 members (excludes halogenated alkanes) is 1. The number of aliphatic hydroxyl groups is 1. The molecule has 2 fully saturated rings. The first-order valence-electron chi connectivity index (χ1n) is 23.2. The highest BCUT2D eigenvalue weighted by Crippen LogP contribution is 2.25. The van der Waals surface area contributed by atoms with Crippen LogP contribution in [0.2, 0.25) is 0 Å². The van der Waals surface area contributed by atoms with Gasteiger partial charge >= 0.3 is 11.9 Å². The molecule has 376 valence electrons. The first-order chi connectivity index (χ1) is 31.5. The molecule has 2 rings (SSSR count). The summed E-state index contributed by atoms with van der Waals surface area (Å²) in [4.78, 5) is 154. The highest BCUT2D eigenvalue weighted by atomic mass is 16.4. The van der Waals surface area contributed by atoms with E-state index in [1.807, 2.05) is 0 Å². The lowest BCUT2D eigenvalue weighted by Crippen LogP contribution is -2.45. The molecule has 22 nitrogen and oxygen atoms in total. The van der Waals surface area contributed by atoms with Gasteiger partial charge in [-0.25, -0.2) is 0 Å². The van der Waals surface area contributed by atoms with Crippen LogP contribution < -0.4 is 32.7 Å². The van der Waals surface area contributed by atoms with Crippen molar-refractivity contribution >= 4 is 70.4 Å². The monoisotopic (exact) mass is 950 g/mol. The molecule has 2 saturated heterocycles. The SMILES string of the molecule is CC(C)C[C@H](CC(=O)CNC(=O)[C@H](CC(=O)O)CC(=O)[C@H](CCC(N)=O)NC(=O)CCC(=O)[C@@H]1C[C@@H](O)CN1)C(=O)N[C@@H](C)C(=O)CCC(=O)N1CCC[C@H]1C(=O)C[C@@H](CCCCN)C(=O)O. The number of amides is 5. The zero-order chi connectivity index (χ0) is 50.4. The van der Waals surface area contributed by atoms with Crippen LogP contribution in [-0.2, 0) is 57.5 Å². The van der Waals surface area contributed by atoms with Gasteiger partial charge in [-0.1, -0.05) is 20.3 Å². The summed E-state index contributed by atoms with van der Waals surface area (Å²) in [5.74, 6) is -12.2. The van der Waals surface area contributed by atoms with Crippen molar-refractivity contribution in [2.75, 3.05) is 26.2 Å². The van der Waals surface area contributed by atoms with Gasteiger partial charge in [-0.3, -0.25) is 57.5 Å². The number of aliphatic carboxylic acids is 2. The number of carbonyl (C=O) groups is 12. The summed E-state index contributed by atoms with van der Waals surface area (Å²) in [6.07, 6.45) is -1.78. The number of ketones is 5. The predicted octanol–water partition coefficient (Wildman–Crippen LogP) is -0.769. The van der Waals surface area contributed by atoms with E-state index in [9.17, 15) is 72.9 Å². The summed E-state index contributed by atoms with van der Waals surface area (Å²) >= 11 is 0. The maximum Gasteiger partial charge on any atom is 0.306 e. The number of primary amides is 1. The molecule has 22 heteroatoms. The van der Waals surface area contributed by atoms with Crippen molar-refractivity contribution in [1.82, 2.24) is 26.2 Å². The molecule has 2 heterocycles. The van der Waals surface area contributed by atoms with E-state index < -0.39 is 126 Å². The highest BCUT2D eigenvalue weighted by molar-refractivity contribution is 5.97. The summed E-state index contributed by atoms with van der Waals surface area (Å²) in [6.45, 7) is 5.30. The average molecular weight is 950 g/mol. The molecule has 11 N–H and O–H groups in total. The summed E-state index contributed by atoms with van der Waals surface area (Å²) in [6, 6.07) is -3.86. The minimum atomic E-state index is -1.52. The summed E-state index contributed by atoms with van der Waals surface area (Å²) in [5.41, 5.74) is 10.8. The fourth-order valence-electron chi connectivity index (χ4n) is 8.25. The number of nitrogens with one attached hydrogen (secondary N) is 4.